The molecule has 0 spiro atoms. The van der Waals surface area contributed by atoms with Gasteiger partial charge in [-0.05, 0) is 24.3 Å². The maximum atomic E-state index is 5.44. The van der Waals surface area contributed by atoms with Crippen molar-refractivity contribution >= 4 is 28.9 Å². The third-order valence-electron chi connectivity index (χ3n) is 2.03. The van der Waals surface area contributed by atoms with Gasteiger partial charge in [-0.25, -0.2) is 0 Å². The van der Waals surface area contributed by atoms with E-state index in [9.17, 15) is 0 Å². The number of hydrogen-bond donors (Lipinski definition) is 2. The molecule has 0 bridgehead atoms. The van der Waals surface area contributed by atoms with Crippen molar-refractivity contribution in [3.05, 3.63) is 0 Å². The van der Waals surface area contributed by atoms with Crippen LogP contribution in [0.4, 0.5) is 5.13 Å². The van der Waals surface area contributed by atoms with Crippen molar-refractivity contribution in [3.8, 4) is 5.19 Å². The van der Waals surface area contributed by atoms with Gasteiger partial charge in [0.15, 0.2) is 0 Å². The molecule has 1 aliphatic rings. The molecule has 3 N–H and O–H groups in total. The topological polar surface area (TPSA) is 73.1 Å². The molecule has 0 radical (unpaired) electrons. The smallest absolute Gasteiger partial charge is 0.295 e. The zero-order valence-electron chi connectivity index (χ0n) is 7.60. The summed E-state index contributed by atoms with van der Waals surface area (Å²) in [6.45, 7) is 2.84. The Morgan fingerprint density at radius 1 is 1.57 bits per heavy atom. The molecular formula is C7H13ClN4OS. The minimum atomic E-state index is 0. The number of nitrogens with two attached hydrogens (primary N) is 1. The zero-order valence-corrected chi connectivity index (χ0v) is 9.24. The second-order valence-electron chi connectivity index (χ2n) is 3.08. The van der Waals surface area contributed by atoms with E-state index in [4.69, 9.17) is 10.5 Å². The fourth-order valence-corrected chi connectivity index (χ4v) is 1.79. The van der Waals surface area contributed by atoms with Crippen LogP contribution in [0, 0.1) is 5.92 Å². The third-order valence-corrected chi connectivity index (χ3v) is 2.69. The summed E-state index contributed by atoms with van der Waals surface area (Å²) < 4.78 is 5.44. The standard InChI is InChI=1S/C7H12N4OS.ClH/c8-6-10-11-7(13-6)12-4-5-1-2-9-3-5;/h5,9H,1-4H2,(H2,8,10);1H/t5-;/m1./s1. The molecule has 1 aromatic heterocycles. The summed E-state index contributed by atoms with van der Waals surface area (Å²) in [6.07, 6.45) is 1.17. The number of hydrogen-bond acceptors (Lipinski definition) is 6. The molecule has 80 valence electrons. The van der Waals surface area contributed by atoms with E-state index in [1.807, 2.05) is 0 Å². The molecule has 0 amide bonds. The van der Waals surface area contributed by atoms with Crippen LogP contribution in [-0.2, 0) is 0 Å². The van der Waals surface area contributed by atoms with E-state index in [1.54, 1.807) is 0 Å². The molecule has 1 atom stereocenters. The average Bonchev–Trinajstić information content (AvgIpc) is 2.71. The van der Waals surface area contributed by atoms with Crippen molar-refractivity contribution in [2.24, 2.45) is 5.92 Å². The Bertz CT molecular complexity index is 276. The lowest BCUT2D eigenvalue weighted by Crippen LogP contribution is -2.15. The fraction of sp³-hybridized carbons (Fsp3) is 0.714. The number of nitrogen functional groups attached to an aromatic ring is 1. The Labute approximate surface area is 92.5 Å². The third kappa shape index (κ3) is 2.97. The number of aromatic nitrogens is 2. The van der Waals surface area contributed by atoms with Gasteiger partial charge in [-0.15, -0.1) is 17.5 Å². The number of ether oxygens (including phenoxy) is 1. The highest BCUT2D eigenvalue weighted by atomic mass is 35.5. The first kappa shape index (κ1) is 11.5. The van der Waals surface area contributed by atoms with Crippen LogP contribution in [0.15, 0.2) is 0 Å². The molecule has 0 aromatic carbocycles. The summed E-state index contributed by atoms with van der Waals surface area (Å²) in [7, 11) is 0. The summed E-state index contributed by atoms with van der Waals surface area (Å²) in [5.74, 6) is 0.602. The fourth-order valence-electron chi connectivity index (χ4n) is 1.32. The highest BCUT2D eigenvalue weighted by molar-refractivity contribution is 7.16. The Balaban J connectivity index is 0.000000980. The first-order valence-corrected chi connectivity index (χ1v) is 5.09. The first-order valence-electron chi connectivity index (χ1n) is 4.27. The minimum Gasteiger partial charge on any atom is -0.469 e. The van der Waals surface area contributed by atoms with Crippen molar-refractivity contribution in [1.82, 2.24) is 15.5 Å². The van der Waals surface area contributed by atoms with Gasteiger partial charge in [0.25, 0.3) is 5.19 Å². The molecule has 5 nitrogen and oxygen atoms in total. The van der Waals surface area contributed by atoms with Gasteiger partial charge in [0.1, 0.15) is 0 Å². The van der Waals surface area contributed by atoms with E-state index in [1.165, 1.54) is 17.8 Å². The van der Waals surface area contributed by atoms with Crippen LogP contribution < -0.4 is 15.8 Å². The van der Waals surface area contributed by atoms with Crippen LogP contribution in [0.3, 0.4) is 0 Å². The summed E-state index contributed by atoms with van der Waals surface area (Å²) in [5, 5.41) is 11.8. The average molecular weight is 237 g/mol. The minimum absolute atomic E-state index is 0. The number of nitrogens with one attached hydrogen (secondary N) is 1. The quantitative estimate of drug-likeness (QED) is 0.801. The van der Waals surface area contributed by atoms with Crippen LogP contribution in [0.1, 0.15) is 6.42 Å². The van der Waals surface area contributed by atoms with Crippen LogP contribution in [0.5, 0.6) is 5.19 Å². The summed E-state index contributed by atoms with van der Waals surface area (Å²) >= 11 is 1.28. The van der Waals surface area contributed by atoms with Gasteiger partial charge in [0.05, 0.1) is 6.61 Å². The second-order valence-corrected chi connectivity index (χ2v) is 4.05. The van der Waals surface area contributed by atoms with Crippen LogP contribution in [0.2, 0.25) is 0 Å². The Kier molecular flexibility index (Phi) is 4.37. The van der Waals surface area contributed by atoms with Gasteiger partial charge in [0.2, 0.25) is 5.13 Å². The number of nitrogens with zero attached hydrogens (tertiary/aromatic N) is 2. The van der Waals surface area contributed by atoms with E-state index < -0.39 is 0 Å². The van der Waals surface area contributed by atoms with Gasteiger partial charge in [-0.2, -0.15) is 0 Å². The van der Waals surface area contributed by atoms with Crippen molar-refractivity contribution in [1.29, 1.82) is 0 Å². The van der Waals surface area contributed by atoms with Gasteiger partial charge in [-0.1, -0.05) is 5.10 Å². The molecule has 7 heteroatoms. The monoisotopic (exact) mass is 236 g/mol. The number of anilines is 1. The summed E-state index contributed by atoms with van der Waals surface area (Å²) in [6, 6.07) is 0. The Hall–Kier alpha value is -0.590. The molecular weight excluding hydrogens is 224 g/mol. The summed E-state index contributed by atoms with van der Waals surface area (Å²) in [4.78, 5) is 0. The number of rotatable bonds is 3. The lowest BCUT2D eigenvalue weighted by molar-refractivity contribution is 0.257. The highest BCUT2D eigenvalue weighted by Crippen LogP contribution is 2.20. The Morgan fingerprint density at radius 2 is 2.43 bits per heavy atom. The van der Waals surface area contributed by atoms with Crippen LogP contribution in [0.25, 0.3) is 0 Å². The molecule has 0 unspecified atom stereocenters. The van der Waals surface area contributed by atoms with Gasteiger partial charge in [-0.3, -0.25) is 0 Å². The number of halogens is 1. The predicted octanol–water partition coefficient (Wildman–Crippen LogP) is 0.530. The second kappa shape index (κ2) is 5.33. The van der Waals surface area contributed by atoms with Crippen molar-refractivity contribution in [3.63, 3.8) is 0 Å². The molecule has 1 aliphatic heterocycles. The molecule has 1 fully saturated rings. The van der Waals surface area contributed by atoms with Crippen molar-refractivity contribution in [2.75, 3.05) is 25.4 Å². The van der Waals surface area contributed by atoms with E-state index >= 15 is 0 Å². The molecule has 0 saturated carbocycles. The summed E-state index contributed by atoms with van der Waals surface area (Å²) in [5.41, 5.74) is 5.41. The SMILES string of the molecule is Cl.Nc1nnc(OC[C@@H]2CCNC2)s1. The molecule has 2 heterocycles. The van der Waals surface area contributed by atoms with Crippen molar-refractivity contribution < 1.29 is 4.74 Å². The Morgan fingerprint density at radius 3 is 3.00 bits per heavy atom. The predicted molar refractivity (Wildman–Crippen MR) is 58.0 cm³/mol. The van der Waals surface area contributed by atoms with Gasteiger partial charge in [0, 0.05) is 12.5 Å². The lowest BCUT2D eigenvalue weighted by atomic mass is 10.1. The maximum Gasteiger partial charge on any atom is 0.295 e. The normalized spacial score (nSPS) is 20.4. The molecule has 0 aliphatic carbocycles. The highest BCUT2D eigenvalue weighted by Gasteiger charge is 2.15. The van der Waals surface area contributed by atoms with Crippen molar-refractivity contribution in [2.45, 2.75) is 6.42 Å². The molecule has 1 aromatic rings. The largest absolute Gasteiger partial charge is 0.469 e. The van der Waals surface area contributed by atoms with Gasteiger partial charge >= 0.3 is 0 Å². The molecule has 1 saturated heterocycles. The van der Waals surface area contributed by atoms with Gasteiger partial charge < -0.3 is 15.8 Å². The van der Waals surface area contributed by atoms with E-state index in [2.05, 4.69) is 15.5 Å². The van der Waals surface area contributed by atoms with E-state index in [-0.39, 0.29) is 12.4 Å². The zero-order chi connectivity index (χ0) is 9.10. The van der Waals surface area contributed by atoms with Crippen LogP contribution >= 0.6 is 23.7 Å². The lowest BCUT2D eigenvalue weighted by Gasteiger charge is -2.06. The molecule has 2 rings (SSSR count). The van der Waals surface area contributed by atoms with E-state index in [0.717, 1.165) is 13.1 Å². The maximum absolute atomic E-state index is 5.44. The van der Waals surface area contributed by atoms with E-state index in [0.29, 0.717) is 22.9 Å². The molecule has 14 heavy (non-hydrogen) atoms. The van der Waals surface area contributed by atoms with Crippen LogP contribution in [-0.4, -0.2) is 29.9 Å². The first-order chi connectivity index (χ1) is 6.34.